The van der Waals surface area contributed by atoms with E-state index in [2.05, 4.69) is 15.5 Å². The van der Waals surface area contributed by atoms with Gasteiger partial charge >= 0.3 is 0 Å². The summed E-state index contributed by atoms with van der Waals surface area (Å²) in [5.74, 6) is -0.268. The Morgan fingerprint density at radius 3 is 2.64 bits per heavy atom. The molecule has 1 amide bonds. The first-order valence-electron chi connectivity index (χ1n) is 7.00. The summed E-state index contributed by atoms with van der Waals surface area (Å²) in [5, 5.41) is 11.2. The van der Waals surface area contributed by atoms with E-state index in [9.17, 15) is 4.79 Å². The predicted octanol–water partition coefficient (Wildman–Crippen LogP) is 3.14. The first-order valence-corrected chi connectivity index (χ1v) is 7.00. The van der Waals surface area contributed by atoms with E-state index in [0.717, 1.165) is 22.5 Å². The maximum Gasteiger partial charge on any atom is 0.277 e. The number of rotatable bonds is 3. The largest absolute Gasteiger partial charge is 0.320 e. The van der Waals surface area contributed by atoms with Gasteiger partial charge in [-0.25, -0.2) is 0 Å². The van der Waals surface area contributed by atoms with E-state index in [1.54, 1.807) is 0 Å². The topological polar surface area (TPSA) is 59.8 Å². The van der Waals surface area contributed by atoms with Crippen molar-refractivity contribution in [1.29, 1.82) is 0 Å². The number of amides is 1. The molecule has 0 aliphatic rings. The van der Waals surface area contributed by atoms with Gasteiger partial charge in [0.25, 0.3) is 5.91 Å². The van der Waals surface area contributed by atoms with Crippen LogP contribution in [0.4, 0.5) is 5.69 Å². The Labute approximate surface area is 128 Å². The first kappa shape index (κ1) is 14.0. The van der Waals surface area contributed by atoms with Crippen LogP contribution in [0, 0.1) is 13.8 Å². The highest BCUT2D eigenvalue weighted by atomic mass is 16.2. The van der Waals surface area contributed by atoms with Gasteiger partial charge in [0.2, 0.25) is 0 Å². The molecule has 5 heteroatoms. The van der Waals surface area contributed by atoms with Crippen molar-refractivity contribution < 1.29 is 4.79 Å². The summed E-state index contributed by atoms with van der Waals surface area (Å²) < 4.78 is 0. The van der Waals surface area contributed by atoms with Gasteiger partial charge in [0.15, 0.2) is 5.69 Å². The summed E-state index contributed by atoms with van der Waals surface area (Å²) in [7, 11) is 0. The summed E-state index contributed by atoms with van der Waals surface area (Å²) in [4.78, 5) is 13.7. The fourth-order valence-electron chi connectivity index (χ4n) is 2.11. The second kappa shape index (κ2) is 5.81. The van der Waals surface area contributed by atoms with Crippen molar-refractivity contribution in [3.05, 3.63) is 71.5 Å². The lowest BCUT2D eigenvalue weighted by atomic mass is 10.1. The molecule has 0 saturated heterocycles. The summed E-state index contributed by atoms with van der Waals surface area (Å²) in [6.07, 6.45) is 1.47. The molecular formula is C17H16N4O. The Bertz CT molecular complexity index is 809. The van der Waals surface area contributed by atoms with E-state index in [0.29, 0.717) is 0 Å². The SMILES string of the molecule is Cc1ccc(C)c(NC(=O)c2cnn(-c3ccccc3)n2)c1. The van der Waals surface area contributed by atoms with Crippen LogP contribution in [0.15, 0.2) is 54.7 Å². The van der Waals surface area contributed by atoms with Crippen molar-refractivity contribution >= 4 is 11.6 Å². The van der Waals surface area contributed by atoms with Crippen LogP contribution in [0.2, 0.25) is 0 Å². The highest BCUT2D eigenvalue weighted by Gasteiger charge is 2.12. The van der Waals surface area contributed by atoms with Gasteiger partial charge in [0, 0.05) is 5.69 Å². The molecule has 1 aromatic heterocycles. The molecule has 0 saturated carbocycles. The van der Waals surface area contributed by atoms with Crippen molar-refractivity contribution in [1.82, 2.24) is 15.0 Å². The minimum atomic E-state index is -0.268. The van der Waals surface area contributed by atoms with Gasteiger partial charge in [0.1, 0.15) is 0 Å². The highest BCUT2D eigenvalue weighted by Crippen LogP contribution is 2.17. The molecule has 0 unspecified atom stereocenters. The number of anilines is 1. The molecular weight excluding hydrogens is 276 g/mol. The minimum absolute atomic E-state index is 0.268. The van der Waals surface area contributed by atoms with Crippen LogP contribution in [0.25, 0.3) is 5.69 Å². The van der Waals surface area contributed by atoms with Crippen LogP contribution in [-0.4, -0.2) is 20.9 Å². The van der Waals surface area contributed by atoms with E-state index in [-0.39, 0.29) is 11.6 Å². The zero-order valence-corrected chi connectivity index (χ0v) is 12.4. The van der Waals surface area contributed by atoms with E-state index < -0.39 is 0 Å². The van der Waals surface area contributed by atoms with Gasteiger partial charge in [-0.2, -0.15) is 9.90 Å². The lowest BCUT2D eigenvalue weighted by Gasteiger charge is -2.07. The molecule has 3 rings (SSSR count). The third-order valence-electron chi connectivity index (χ3n) is 3.35. The van der Waals surface area contributed by atoms with Crippen LogP contribution >= 0.6 is 0 Å². The smallest absolute Gasteiger partial charge is 0.277 e. The predicted molar refractivity (Wildman–Crippen MR) is 85.2 cm³/mol. The average molecular weight is 292 g/mol. The highest BCUT2D eigenvalue weighted by molar-refractivity contribution is 6.03. The number of hydrogen-bond acceptors (Lipinski definition) is 3. The molecule has 0 radical (unpaired) electrons. The molecule has 0 spiro atoms. The number of para-hydroxylation sites is 1. The molecule has 1 heterocycles. The van der Waals surface area contributed by atoms with Gasteiger partial charge < -0.3 is 5.32 Å². The van der Waals surface area contributed by atoms with E-state index in [4.69, 9.17) is 0 Å². The molecule has 110 valence electrons. The van der Waals surface area contributed by atoms with Crippen LogP contribution in [0.3, 0.4) is 0 Å². The lowest BCUT2D eigenvalue weighted by Crippen LogP contribution is -2.14. The molecule has 0 aliphatic carbocycles. The quantitative estimate of drug-likeness (QED) is 0.806. The van der Waals surface area contributed by atoms with Crippen molar-refractivity contribution in [2.24, 2.45) is 0 Å². The van der Waals surface area contributed by atoms with Crippen LogP contribution < -0.4 is 5.32 Å². The Hall–Kier alpha value is -2.95. The van der Waals surface area contributed by atoms with Gasteiger partial charge in [0.05, 0.1) is 11.9 Å². The monoisotopic (exact) mass is 292 g/mol. The van der Waals surface area contributed by atoms with Crippen molar-refractivity contribution in [2.75, 3.05) is 5.32 Å². The standard InChI is InChI=1S/C17H16N4O/c1-12-8-9-13(2)15(10-12)19-17(22)16-11-18-21(20-16)14-6-4-3-5-7-14/h3-11H,1-2H3,(H,19,22). The number of nitrogens with one attached hydrogen (secondary N) is 1. The van der Waals surface area contributed by atoms with Crippen molar-refractivity contribution in [3.63, 3.8) is 0 Å². The molecule has 1 N–H and O–H groups in total. The van der Waals surface area contributed by atoms with Crippen LogP contribution in [0.1, 0.15) is 21.6 Å². The third kappa shape index (κ3) is 2.88. The van der Waals surface area contributed by atoms with Crippen molar-refractivity contribution in [3.8, 4) is 5.69 Å². The number of nitrogens with zero attached hydrogens (tertiary/aromatic N) is 3. The van der Waals surface area contributed by atoms with E-state index >= 15 is 0 Å². The summed E-state index contributed by atoms with van der Waals surface area (Å²) >= 11 is 0. The second-order valence-electron chi connectivity index (χ2n) is 5.13. The number of hydrogen-bond donors (Lipinski definition) is 1. The van der Waals surface area contributed by atoms with Gasteiger partial charge in [-0.3, -0.25) is 4.79 Å². The molecule has 5 nitrogen and oxygen atoms in total. The fourth-order valence-corrected chi connectivity index (χ4v) is 2.11. The molecule has 3 aromatic rings. The zero-order valence-electron chi connectivity index (χ0n) is 12.4. The molecule has 0 bridgehead atoms. The van der Waals surface area contributed by atoms with Gasteiger partial charge in [-0.1, -0.05) is 30.3 Å². The summed E-state index contributed by atoms with van der Waals surface area (Å²) in [5.41, 5.74) is 3.99. The second-order valence-corrected chi connectivity index (χ2v) is 5.13. The normalized spacial score (nSPS) is 10.5. The Morgan fingerprint density at radius 1 is 1.09 bits per heavy atom. The van der Waals surface area contributed by atoms with Crippen molar-refractivity contribution in [2.45, 2.75) is 13.8 Å². The van der Waals surface area contributed by atoms with E-state index in [1.807, 2.05) is 62.4 Å². The Balaban J connectivity index is 1.81. The first-order chi connectivity index (χ1) is 10.6. The Kier molecular flexibility index (Phi) is 3.70. The molecule has 2 aromatic carbocycles. The maximum absolute atomic E-state index is 12.3. The third-order valence-corrected chi connectivity index (χ3v) is 3.35. The maximum atomic E-state index is 12.3. The van der Waals surface area contributed by atoms with Crippen LogP contribution in [0.5, 0.6) is 0 Å². The zero-order chi connectivity index (χ0) is 15.5. The number of carbonyl (C=O) groups excluding carboxylic acids is 1. The van der Waals surface area contributed by atoms with E-state index in [1.165, 1.54) is 11.0 Å². The van der Waals surface area contributed by atoms with Gasteiger partial charge in [-0.15, -0.1) is 5.10 Å². The summed E-state index contributed by atoms with van der Waals surface area (Å²) in [6.45, 7) is 3.94. The number of aromatic nitrogens is 3. The number of carbonyl (C=O) groups is 1. The number of aryl methyl sites for hydroxylation is 2. The number of benzene rings is 2. The fraction of sp³-hybridized carbons (Fsp3) is 0.118. The molecule has 0 fully saturated rings. The Morgan fingerprint density at radius 2 is 1.86 bits per heavy atom. The average Bonchev–Trinajstić information content (AvgIpc) is 3.02. The van der Waals surface area contributed by atoms with Gasteiger partial charge in [-0.05, 0) is 43.2 Å². The molecule has 0 aliphatic heterocycles. The summed E-state index contributed by atoms with van der Waals surface area (Å²) in [6, 6.07) is 15.4. The molecule has 0 atom stereocenters. The minimum Gasteiger partial charge on any atom is -0.320 e. The van der Waals surface area contributed by atoms with Crippen LogP contribution in [-0.2, 0) is 0 Å². The molecule has 22 heavy (non-hydrogen) atoms. The lowest BCUT2D eigenvalue weighted by molar-refractivity contribution is 0.102.